The van der Waals surface area contributed by atoms with Crippen LogP contribution in [0.3, 0.4) is 0 Å². The molecule has 0 spiro atoms. The third kappa shape index (κ3) is 3.93. The van der Waals surface area contributed by atoms with Crippen LogP contribution in [0, 0.1) is 12.3 Å². The van der Waals surface area contributed by atoms with Crippen LogP contribution in [0.25, 0.3) is 0 Å². The Labute approximate surface area is 61.0 Å². The molecule has 0 bridgehead atoms. The van der Waals surface area contributed by atoms with Crippen LogP contribution in [0.5, 0.6) is 0 Å². The van der Waals surface area contributed by atoms with Gasteiger partial charge in [0.2, 0.25) is 0 Å². The fraction of sp³-hybridized carbons (Fsp3) is 0.250. The van der Waals surface area contributed by atoms with Gasteiger partial charge in [0.05, 0.1) is 4.91 Å². The van der Waals surface area contributed by atoms with Gasteiger partial charge in [0, 0.05) is 0 Å². The van der Waals surface area contributed by atoms with Crippen LogP contribution in [0.2, 0.25) is 0 Å². The van der Waals surface area contributed by atoms with Gasteiger partial charge in [-0.25, -0.2) is 0 Å². The second-order valence-electron chi connectivity index (χ2n) is 1.60. The summed E-state index contributed by atoms with van der Waals surface area (Å²) >= 11 is 1.53. The van der Waals surface area contributed by atoms with Crippen LogP contribution in [0.15, 0.2) is 22.5 Å². The van der Waals surface area contributed by atoms with Crippen LogP contribution in [-0.2, 0) is 0 Å². The van der Waals surface area contributed by atoms with Gasteiger partial charge in [0.25, 0.3) is 0 Å². The predicted octanol–water partition coefficient (Wildman–Crippen LogP) is 2.79. The molecule has 0 aromatic carbocycles. The molecule has 0 heterocycles. The molecule has 0 unspecified atom stereocenters. The molecule has 0 saturated heterocycles. The van der Waals surface area contributed by atoms with Crippen molar-refractivity contribution >= 4 is 11.8 Å². The molecule has 1 heteroatoms. The lowest BCUT2D eigenvalue weighted by atomic mass is 10.5. The van der Waals surface area contributed by atoms with E-state index in [4.69, 9.17) is 6.42 Å². The molecule has 0 aromatic heterocycles. The lowest BCUT2D eigenvalue weighted by molar-refractivity contribution is 1.70. The fourth-order valence-electron chi connectivity index (χ4n) is 0.359. The van der Waals surface area contributed by atoms with E-state index in [-0.39, 0.29) is 0 Å². The fourth-order valence-corrected chi connectivity index (χ4v) is 0.912. The minimum Gasteiger partial charge on any atom is -0.114 e. The summed E-state index contributed by atoms with van der Waals surface area (Å²) in [4.78, 5) is 1.96. The Morgan fingerprint density at radius 2 is 2.33 bits per heavy atom. The van der Waals surface area contributed by atoms with Crippen molar-refractivity contribution in [3.05, 3.63) is 22.5 Å². The normalized spacial score (nSPS) is 10.6. The maximum Gasteiger partial charge on any atom is 0.0572 e. The maximum absolute atomic E-state index is 5.15. The Balaban J connectivity index is 3.91. The first-order valence-corrected chi connectivity index (χ1v) is 3.48. The summed E-state index contributed by atoms with van der Waals surface area (Å²) in [5.74, 6) is 2.55. The number of hydrogen-bond donors (Lipinski definition) is 0. The molecule has 0 atom stereocenters. The van der Waals surface area contributed by atoms with Gasteiger partial charge >= 0.3 is 0 Å². The van der Waals surface area contributed by atoms with E-state index in [0.29, 0.717) is 0 Å². The molecule has 0 aromatic rings. The summed E-state index contributed by atoms with van der Waals surface area (Å²) in [5, 5.41) is 0. The molecule has 0 amide bonds. The average Bonchev–Trinajstić information content (AvgIpc) is 1.82. The zero-order valence-corrected chi connectivity index (χ0v) is 6.59. The molecule has 0 fully saturated rings. The van der Waals surface area contributed by atoms with Crippen molar-refractivity contribution in [2.24, 2.45) is 0 Å². The molecule has 0 saturated carbocycles. The molecule has 0 aliphatic carbocycles. The van der Waals surface area contributed by atoms with Crippen LogP contribution in [-0.4, -0.2) is 0 Å². The van der Waals surface area contributed by atoms with Gasteiger partial charge in [0.1, 0.15) is 0 Å². The van der Waals surface area contributed by atoms with E-state index in [1.807, 2.05) is 19.9 Å². The highest BCUT2D eigenvalue weighted by Gasteiger charge is 1.89. The minimum absolute atomic E-state index is 0.933. The Morgan fingerprint density at radius 1 is 1.78 bits per heavy atom. The second kappa shape index (κ2) is 4.29. The summed E-state index contributed by atoms with van der Waals surface area (Å²) < 4.78 is 0. The molecule has 48 valence electrons. The van der Waals surface area contributed by atoms with Crippen LogP contribution < -0.4 is 0 Å². The zero-order chi connectivity index (χ0) is 7.28. The minimum atomic E-state index is 0.933. The van der Waals surface area contributed by atoms with Crippen molar-refractivity contribution in [2.75, 3.05) is 0 Å². The van der Waals surface area contributed by atoms with Gasteiger partial charge < -0.3 is 0 Å². The monoisotopic (exact) mass is 138 g/mol. The van der Waals surface area contributed by atoms with Gasteiger partial charge in [-0.3, -0.25) is 0 Å². The first-order valence-electron chi connectivity index (χ1n) is 2.67. The van der Waals surface area contributed by atoms with Crippen molar-refractivity contribution in [3.63, 3.8) is 0 Å². The van der Waals surface area contributed by atoms with Crippen LogP contribution in [0.1, 0.15) is 13.8 Å². The van der Waals surface area contributed by atoms with E-state index < -0.39 is 0 Å². The van der Waals surface area contributed by atoms with Gasteiger partial charge in [-0.2, -0.15) is 0 Å². The average molecular weight is 138 g/mol. The van der Waals surface area contributed by atoms with Crippen molar-refractivity contribution in [1.29, 1.82) is 0 Å². The number of allylic oxidation sites excluding steroid dienone is 3. The molecular weight excluding hydrogens is 128 g/mol. The predicted molar refractivity (Wildman–Crippen MR) is 45.0 cm³/mol. The summed E-state index contributed by atoms with van der Waals surface area (Å²) in [6.45, 7) is 7.58. The SMILES string of the molecule is C#C/C(=C/C)SC(=C)C. The number of hydrogen-bond acceptors (Lipinski definition) is 1. The first-order chi connectivity index (χ1) is 4.20. The maximum atomic E-state index is 5.15. The second-order valence-corrected chi connectivity index (χ2v) is 2.94. The Bertz CT molecular complexity index is 169. The summed E-state index contributed by atoms with van der Waals surface area (Å²) in [7, 11) is 0. The molecule has 0 rings (SSSR count). The van der Waals surface area contributed by atoms with Crippen molar-refractivity contribution in [3.8, 4) is 12.3 Å². The topological polar surface area (TPSA) is 0 Å². The molecule has 0 aliphatic heterocycles. The summed E-state index contributed by atoms with van der Waals surface area (Å²) in [5.41, 5.74) is 0. The van der Waals surface area contributed by atoms with E-state index >= 15 is 0 Å². The molecule has 0 nitrogen and oxygen atoms in total. The Kier molecular flexibility index (Phi) is 4.00. The quantitative estimate of drug-likeness (QED) is 0.529. The molecule has 0 N–H and O–H groups in total. The lowest BCUT2D eigenvalue weighted by Gasteiger charge is -1.94. The zero-order valence-electron chi connectivity index (χ0n) is 5.77. The van der Waals surface area contributed by atoms with Crippen LogP contribution >= 0.6 is 11.8 Å². The lowest BCUT2D eigenvalue weighted by Crippen LogP contribution is -1.67. The van der Waals surface area contributed by atoms with Gasteiger partial charge in [-0.05, 0) is 18.8 Å². The standard InChI is InChI=1S/C8H10S/c1-5-8(6-2)9-7(3)4/h1,6H,3H2,2,4H3/b8-6-. The van der Waals surface area contributed by atoms with Gasteiger partial charge in [0.15, 0.2) is 0 Å². The molecular formula is C8H10S. The van der Waals surface area contributed by atoms with Crippen molar-refractivity contribution in [2.45, 2.75) is 13.8 Å². The van der Waals surface area contributed by atoms with Gasteiger partial charge in [-0.15, -0.1) is 6.42 Å². The molecule has 0 aliphatic rings. The van der Waals surface area contributed by atoms with Gasteiger partial charge in [-0.1, -0.05) is 30.3 Å². The number of rotatable bonds is 2. The van der Waals surface area contributed by atoms with E-state index in [9.17, 15) is 0 Å². The highest BCUT2D eigenvalue weighted by atomic mass is 32.2. The van der Waals surface area contributed by atoms with E-state index in [1.54, 1.807) is 0 Å². The third-order valence-corrected chi connectivity index (χ3v) is 1.61. The summed E-state index contributed by atoms with van der Waals surface area (Å²) in [6.07, 6.45) is 7.05. The molecule has 9 heavy (non-hydrogen) atoms. The Hall–Kier alpha value is -0.610. The first kappa shape index (κ1) is 8.39. The Morgan fingerprint density at radius 3 is 2.44 bits per heavy atom. The molecule has 0 radical (unpaired) electrons. The van der Waals surface area contributed by atoms with E-state index in [1.165, 1.54) is 11.8 Å². The number of thioether (sulfide) groups is 1. The number of terminal acetylenes is 1. The third-order valence-electron chi connectivity index (χ3n) is 0.689. The highest BCUT2D eigenvalue weighted by Crippen LogP contribution is 2.21. The largest absolute Gasteiger partial charge is 0.114 e. The highest BCUT2D eigenvalue weighted by molar-refractivity contribution is 8.06. The smallest absolute Gasteiger partial charge is 0.0572 e. The van der Waals surface area contributed by atoms with Crippen LogP contribution in [0.4, 0.5) is 0 Å². The van der Waals surface area contributed by atoms with Crippen molar-refractivity contribution in [1.82, 2.24) is 0 Å². The van der Waals surface area contributed by atoms with E-state index in [2.05, 4.69) is 12.5 Å². The van der Waals surface area contributed by atoms with E-state index in [0.717, 1.165) is 9.81 Å². The van der Waals surface area contributed by atoms with Crippen molar-refractivity contribution < 1.29 is 0 Å². The summed E-state index contributed by atoms with van der Waals surface area (Å²) in [6, 6.07) is 0.